The maximum atomic E-state index is 10.3. The maximum absolute atomic E-state index is 10.3. The van der Waals surface area contributed by atoms with Gasteiger partial charge in [0.05, 0.1) is 0 Å². The lowest BCUT2D eigenvalue weighted by Gasteiger charge is -2.30. The summed E-state index contributed by atoms with van der Waals surface area (Å²) in [5.41, 5.74) is 5.93. The third-order valence-corrected chi connectivity index (χ3v) is 7.86. The highest BCUT2D eigenvalue weighted by Gasteiger charge is 2.24. The van der Waals surface area contributed by atoms with Crippen LogP contribution in [0.1, 0.15) is 60.3 Å². The van der Waals surface area contributed by atoms with Crippen LogP contribution in [0.4, 0.5) is 5.69 Å². The second-order valence-corrected chi connectivity index (χ2v) is 10.6. The minimum Gasteiger partial charge on any atom is -0.508 e. The van der Waals surface area contributed by atoms with E-state index in [0.717, 1.165) is 37.1 Å². The van der Waals surface area contributed by atoms with Crippen LogP contribution in [0.5, 0.6) is 17.4 Å². The molecule has 1 aliphatic carbocycles. The Bertz CT molecular complexity index is 1170. The average Bonchev–Trinajstić information content (AvgIpc) is 3.18. The van der Waals surface area contributed by atoms with Gasteiger partial charge in [0.15, 0.2) is 0 Å². The van der Waals surface area contributed by atoms with Crippen molar-refractivity contribution in [2.75, 3.05) is 38.2 Å². The van der Waals surface area contributed by atoms with Crippen LogP contribution >= 0.6 is 0 Å². The first-order chi connectivity index (χ1) is 18.0. The summed E-state index contributed by atoms with van der Waals surface area (Å²) in [6, 6.07) is 15.5. The highest BCUT2D eigenvalue weighted by atomic mass is 16.5. The van der Waals surface area contributed by atoms with Crippen LogP contribution in [0, 0.1) is 0 Å². The Morgan fingerprint density at radius 1 is 0.946 bits per heavy atom. The van der Waals surface area contributed by atoms with E-state index in [4.69, 9.17) is 4.74 Å². The largest absolute Gasteiger partial charge is 0.508 e. The molecule has 6 heteroatoms. The van der Waals surface area contributed by atoms with Crippen molar-refractivity contribution in [2.24, 2.45) is 0 Å². The summed E-state index contributed by atoms with van der Waals surface area (Å²) in [6.07, 6.45) is 10.1. The van der Waals surface area contributed by atoms with Crippen molar-refractivity contribution in [3.63, 3.8) is 0 Å². The summed E-state index contributed by atoms with van der Waals surface area (Å²) in [4.78, 5) is 9.24. The van der Waals surface area contributed by atoms with Gasteiger partial charge in [0.2, 0.25) is 5.88 Å². The number of benzene rings is 2. The second-order valence-electron chi connectivity index (χ2n) is 10.6. The molecule has 37 heavy (non-hydrogen) atoms. The Morgan fingerprint density at radius 2 is 1.73 bits per heavy atom. The number of nitrogens with zero attached hydrogens (tertiary/aromatic N) is 3. The second kappa shape index (κ2) is 11.9. The van der Waals surface area contributed by atoms with Crippen LogP contribution in [0.2, 0.25) is 0 Å². The first-order valence-corrected chi connectivity index (χ1v) is 13.7. The number of phenolic OH excluding ortho intramolecular Hbond substituents is 2. The summed E-state index contributed by atoms with van der Waals surface area (Å²) < 4.78 is 5.93. The molecule has 1 fully saturated rings. The molecule has 0 radical (unpaired) electrons. The number of aromatic nitrogens is 1. The fourth-order valence-electron chi connectivity index (χ4n) is 5.80. The molecule has 1 atom stereocenters. The topological polar surface area (TPSA) is 69.1 Å². The molecule has 1 saturated heterocycles. The molecule has 0 bridgehead atoms. The van der Waals surface area contributed by atoms with Crippen LogP contribution in [-0.2, 0) is 19.4 Å². The van der Waals surface area contributed by atoms with Gasteiger partial charge in [-0.3, -0.25) is 4.90 Å². The first-order valence-electron chi connectivity index (χ1n) is 13.7. The standard InChI is InChI=1S/C31H39N3O3/c1-33(22-23-6-13-31(32-21-23)37-17-16-34-14-4-2-3-5-15-34)30-20-28(36)11-12-29(30)26-8-7-25-19-27(35)10-9-24(25)18-26/h6,9-13,19-21,26,35-36H,2-5,7-8,14-18,22H2,1H3. The number of likely N-dealkylation sites (tertiary alicyclic amines) is 1. The van der Waals surface area contributed by atoms with E-state index in [0.29, 0.717) is 30.7 Å². The van der Waals surface area contributed by atoms with Crippen LogP contribution in [0.25, 0.3) is 0 Å². The Morgan fingerprint density at radius 3 is 2.51 bits per heavy atom. The zero-order chi connectivity index (χ0) is 25.6. The molecule has 3 aromatic rings. The van der Waals surface area contributed by atoms with E-state index in [2.05, 4.69) is 34.0 Å². The van der Waals surface area contributed by atoms with Gasteiger partial charge >= 0.3 is 0 Å². The van der Waals surface area contributed by atoms with E-state index in [1.54, 1.807) is 12.1 Å². The first kappa shape index (κ1) is 25.4. The van der Waals surface area contributed by atoms with Crippen molar-refractivity contribution in [1.82, 2.24) is 9.88 Å². The predicted octanol–water partition coefficient (Wildman–Crippen LogP) is 5.66. The van der Waals surface area contributed by atoms with Gasteiger partial charge in [-0.2, -0.15) is 0 Å². The van der Waals surface area contributed by atoms with Crippen molar-refractivity contribution in [3.8, 4) is 17.4 Å². The third-order valence-electron chi connectivity index (χ3n) is 7.86. The van der Waals surface area contributed by atoms with Gasteiger partial charge in [0.1, 0.15) is 18.1 Å². The van der Waals surface area contributed by atoms with E-state index >= 15 is 0 Å². The quantitative estimate of drug-likeness (QED) is 0.415. The molecule has 2 aliphatic rings. The van der Waals surface area contributed by atoms with Gasteiger partial charge in [-0.05, 0) is 91.6 Å². The average molecular weight is 502 g/mol. The third kappa shape index (κ3) is 6.55. The Balaban J connectivity index is 1.21. The van der Waals surface area contributed by atoms with E-state index in [-0.39, 0.29) is 5.75 Å². The Hall–Kier alpha value is -3.25. The number of aromatic hydroxyl groups is 2. The molecule has 1 aromatic heterocycles. The van der Waals surface area contributed by atoms with Gasteiger partial charge in [0.25, 0.3) is 0 Å². The minimum absolute atomic E-state index is 0.276. The van der Waals surface area contributed by atoms with Gasteiger partial charge in [-0.1, -0.05) is 31.0 Å². The summed E-state index contributed by atoms with van der Waals surface area (Å²) >= 11 is 0. The molecular formula is C31H39N3O3. The molecule has 1 unspecified atom stereocenters. The molecular weight excluding hydrogens is 462 g/mol. The van der Waals surface area contributed by atoms with Crippen molar-refractivity contribution >= 4 is 5.69 Å². The zero-order valence-corrected chi connectivity index (χ0v) is 21.9. The summed E-state index contributed by atoms with van der Waals surface area (Å²) in [5, 5.41) is 20.1. The fourth-order valence-corrected chi connectivity index (χ4v) is 5.80. The highest BCUT2D eigenvalue weighted by Crippen LogP contribution is 2.39. The number of phenols is 2. The predicted molar refractivity (Wildman–Crippen MR) is 148 cm³/mol. The van der Waals surface area contributed by atoms with Crippen molar-refractivity contribution < 1.29 is 14.9 Å². The summed E-state index contributed by atoms with van der Waals surface area (Å²) in [7, 11) is 2.07. The number of fused-ring (bicyclic) bond motifs is 1. The summed E-state index contributed by atoms with van der Waals surface area (Å²) in [5.74, 6) is 1.65. The van der Waals surface area contributed by atoms with E-state index < -0.39 is 0 Å². The molecule has 0 amide bonds. The lowest BCUT2D eigenvalue weighted by Crippen LogP contribution is -2.29. The van der Waals surface area contributed by atoms with E-state index in [1.807, 2.05) is 30.5 Å². The maximum Gasteiger partial charge on any atom is 0.213 e. The van der Waals surface area contributed by atoms with Crippen LogP contribution in [0.15, 0.2) is 54.7 Å². The molecule has 196 valence electrons. The molecule has 6 nitrogen and oxygen atoms in total. The van der Waals surface area contributed by atoms with Crippen LogP contribution in [-0.4, -0.2) is 53.4 Å². The van der Waals surface area contributed by atoms with Crippen molar-refractivity contribution in [2.45, 2.75) is 57.4 Å². The molecule has 0 spiro atoms. The number of anilines is 1. The Labute approximate surface area is 220 Å². The summed E-state index contributed by atoms with van der Waals surface area (Å²) in [6.45, 7) is 4.67. The van der Waals surface area contributed by atoms with E-state index in [9.17, 15) is 10.2 Å². The van der Waals surface area contributed by atoms with Crippen LogP contribution < -0.4 is 9.64 Å². The van der Waals surface area contributed by atoms with Gasteiger partial charge in [0, 0.05) is 44.2 Å². The monoisotopic (exact) mass is 501 g/mol. The number of aryl methyl sites for hydroxylation is 1. The Kier molecular flexibility index (Phi) is 8.15. The molecule has 2 N–H and O–H groups in total. The number of hydrogen-bond donors (Lipinski definition) is 2. The molecule has 2 aromatic carbocycles. The minimum atomic E-state index is 0.276. The van der Waals surface area contributed by atoms with Gasteiger partial charge < -0.3 is 19.8 Å². The number of pyridine rings is 1. The SMILES string of the molecule is CN(Cc1ccc(OCCN2CCCCCC2)nc1)c1cc(O)ccc1C1CCc2cc(O)ccc2C1. The lowest BCUT2D eigenvalue weighted by molar-refractivity contribution is 0.209. The fraction of sp³-hybridized carbons (Fsp3) is 0.452. The smallest absolute Gasteiger partial charge is 0.213 e. The van der Waals surface area contributed by atoms with Gasteiger partial charge in [-0.25, -0.2) is 4.98 Å². The van der Waals surface area contributed by atoms with Gasteiger partial charge in [-0.15, -0.1) is 0 Å². The molecule has 1 aliphatic heterocycles. The number of rotatable bonds is 8. The van der Waals surface area contributed by atoms with Crippen molar-refractivity contribution in [3.05, 3.63) is 77.0 Å². The number of hydrogen-bond acceptors (Lipinski definition) is 6. The number of ether oxygens (including phenoxy) is 1. The molecule has 0 saturated carbocycles. The molecule has 5 rings (SSSR count). The van der Waals surface area contributed by atoms with E-state index in [1.165, 1.54) is 55.5 Å². The highest BCUT2D eigenvalue weighted by molar-refractivity contribution is 5.59. The normalized spacial score (nSPS) is 18.1. The zero-order valence-electron chi connectivity index (χ0n) is 21.9. The van der Waals surface area contributed by atoms with Crippen molar-refractivity contribution in [1.29, 1.82) is 0 Å². The molecule has 2 heterocycles. The van der Waals surface area contributed by atoms with Crippen LogP contribution in [0.3, 0.4) is 0 Å². The lowest BCUT2D eigenvalue weighted by atomic mass is 9.79.